The van der Waals surface area contributed by atoms with Crippen LogP contribution >= 0.6 is 0 Å². The maximum Gasteiger partial charge on any atom is 0.419 e. The molecule has 182 valence electrons. The molecule has 3 atom stereocenters. The number of esters is 1. The molecule has 2 aliphatic heterocycles. The van der Waals surface area contributed by atoms with Crippen molar-refractivity contribution in [1.82, 2.24) is 9.47 Å². The summed E-state index contributed by atoms with van der Waals surface area (Å²) < 4.78 is 17.8. The van der Waals surface area contributed by atoms with Crippen LogP contribution in [0.1, 0.15) is 44.5 Å². The van der Waals surface area contributed by atoms with E-state index in [2.05, 4.69) is 11.5 Å². The van der Waals surface area contributed by atoms with Crippen molar-refractivity contribution in [3.05, 3.63) is 42.1 Å². The van der Waals surface area contributed by atoms with Crippen LogP contribution in [0.25, 0.3) is 10.9 Å². The van der Waals surface area contributed by atoms with Gasteiger partial charge in [0.25, 0.3) is 0 Å². The third kappa shape index (κ3) is 4.00. The first-order chi connectivity index (χ1) is 16.1. The van der Waals surface area contributed by atoms with Gasteiger partial charge in [-0.1, -0.05) is 12.1 Å². The topological polar surface area (TPSA) is 87.1 Å². The Morgan fingerprint density at radius 2 is 1.91 bits per heavy atom. The van der Waals surface area contributed by atoms with Gasteiger partial charge in [-0.25, -0.2) is 14.2 Å². The van der Waals surface area contributed by atoms with Crippen LogP contribution in [0.3, 0.4) is 0 Å². The number of carbonyl (C=O) groups excluding carboxylic acids is 3. The van der Waals surface area contributed by atoms with E-state index in [-0.39, 0.29) is 12.0 Å². The molecule has 1 aromatic carbocycles. The maximum atomic E-state index is 13.5. The highest BCUT2D eigenvalue weighted by Gasteiger charge is 2.45. The van der Waals surface area contributed by atoms with E-state index in [1.54, 1.807) is 17.8 Å². The van der Waals surface area contributed by atoms with E-state index in [9.17, 15) is 14.4 Å². The lowest BCUT2D eigenvalue weighted by atomic mass is 9.76. The molecule has 0 amide bonds. The number of methoxy groups -OCH3 is 2. The summed E-state index contributed by atoms with van der Waals surface area (Å²) in [6.45, 7) is 10.7. The number of Topliss-reactive ketones (excluding diaryl/α,β-unsaturated/α-hetero) is 1. The molecule has 34 heavy (non-hydrogen) atoms. The first-order valence-corrected chi connectivity index (χ1v) is 11.5. The van der Waals surface area contributed by atoms with Gasteiger partial charge in [-0.15, -0.1) is 6.58 Å². The Hall–Kier alpha value is -3.13. The minimum absolute atomic E-state index is 0.182. The largest absolute Gasteiger partial charge is 0.496 e. The molecule has 0 unspecified atom stereocenters. The van der Waals surface area contributed by atoms with Crippen molar-refractivity contribution in [2.24, 2.45) is 11.8 Å². The van der Waals surface area contributed by atoms with Gasteiger partial charge in [-0.05, 0) is 57.2 Å². The number of ether oxygens (including phenoxy) is 3. The van der Waals surface area contributed by atoms with Gasteiger partial charge in [-0.3, -0.25) is 9.69 Å². The van der Waals surface area contributed by atoms with Crippen LogP contribution in [-0.4, -0.2) is 60.2 Å². The molecular formula is C26H32N2O6. The van der Waals surface area contributed by atoms with Crippen LogP contribution in [0.4, 0.5) is 4.79 Å². The fourth-order valence-corrected chi connectivity index (χ4v) is 5.35. The Bertz CT molecular complexity index is 1160. The third-order valence-electron chi connectivity index (χ3n) is 6.76. The summed E-state index contributed by atoms with van der Waals surface area (Å²) in [7, 11) is 2.82. The van der Waals surface area contributed by atoms with Crippen LogP contribution in [0, 0.1) is 11.8 Å². The monoisotopic (exact) mass is 468 g/mol. The van der Waals surface area contributed by atoms with E-state index in [1.807, 2.05) is 39.0 Å². The van der Waals surface area contributed by atoms with Crippen LogP contribution in [0.2, 0.25) is 0 Å². The second-order valence-electron chi connectivity index (χ2n) is 9.89. The highest BCUT2D eigenvalue weighted by atomic mass is 16.6. The summed E-state index contributed by atoms with van der Waals surface area (Å²) in [5.74, 6) is -1.48. The molecule has 1 saturated heterocycles. The number of rotatable bonds is 4. The predicted molar refractivity (Wildman–Crippen MR) is 127 cm³/mol. The van der Waals surface area contributed by atoms with Gasteiger partial charge in [0, 0.05) is 24.4 Å². The molecule has 0 N–H and O–H groups in total. The van der Waals surface area contributed by atoms with Crippen molar-refractivity contribution in [1.29, 1.82) is 0 Å². The zero-order chi connectivity index (χ0) is 24.8. The summed E-state index contributed by atoms with van der Waals surface area (Å²) in [6, 6.07) is 5.37. The molecule has 0 radical (unpaired) electrons. The van der Waals surface area contributed by atoms with Crippen molar-refractivity contribution in [3.63, 3.8) is 0 Å². The highest BCUT2D eigenvalue weighted by molar-refractivity contribution is 6.34. The van der Waals surface area contributed by atoms with Crippen LogP contribution in [0.5, 0.6) is 5.75 Å². The number of ketones is 1. The summed E-state index contributed by atoms with van der Waals surface area (Å²) in [6.07, 6.45) is 2.36. The summed E-state index contributed by atoms with van der Waals surface area (Å²) in [4.78, 5) is 40.8. The molecule has 0 saturated carbocycles. The minimum Gasteiger partial charge on any atom is -0.496 e. The lowest BCUT2D eigenvalue weighted by molar-refractivity contribution is -0.155. The van der Waals surface area contributed by atoms with Gasteiger partial charge in [0.15, 0.2) is 0 Å². The number of piperidine rings is 1. The smallest absolute Gasteiger partial charge is 0.419 e. The number of nitrogens with zero attached hydrogens (tertiary/aromatic N) is 2. The first-order valence-electron chi connectivity index (χ1n) is 11.5. The third-order valence-corrected chi connectivity index (χ3v) is 6.76. The molecule has 1 aromatic heterocycles. The zero-order valence-electron chi connectivity index (χ0n) is 20.4. The molecule has 0 aliphatic carbocycles. The average molecular weight is 469 g/mol. The number of fused-ring (bicyclic) bond motifs is 5. The average Bonchev–Trinajstić information content (AvgIpc) is 3.16. The predicted octanol–water partition coefficient (Wildman–Crippen LogP) is 3.90. The Labute approximate surface area is 199 Å². The van der Waals surface area contributed by atoms with Crippen molar-refractivity contribution in [3.8, 4) is 5.75 Å². The van der Waals surface area contributed by atoms with Gasteiger partial charge >= 0.3 is 12.1 Å². The van der Waals surface area contributed by atoms with Crippen LogP contribution < -0.4 is 4.74 Å². The van der Waals surface area contributed by atoms with Crippen molar-refractivity contribution in [2.45, 2.75) is 45.3 Å². The SMILES string of the molecule is C=C[C@H]1CN2CCc3c(n(C(=O)OC(C)(C)C)c4cccc(OC)c34)[C@@H]2C[C@@H]1C(=O)C(=O)OC. The van der Waals surface area contributed by atoms with Gasteiger partial charge < -0.3 is 14.2 Å². The zero-order valence-corrected chi connectivity index (χ0v) is 20.4. The molecule has 0 spiro atoms. The van der Waals surface area contributed by atoms with E-state index in [0.717, 1.165) is 29.6 Å². The van der Waals surface area contributed by atoms with Crippen LogP contribution in [-0.2, 0) is 25.5 Å². The van der Waals surface area contributed by atoms with Gasteiger partial charge in [0.2, 0.25) is 5.78 Å². The molecule has 2 aliphatic rings. The Morgan fingerprint density at radius 1 is 1.18 bits per heavy atom. The first kappa shape index (κ1) is 24.0. The molecule has 3 heterocycles. The molecule has 4 rings (SSSR count). The lowest BCUT2D eigenvalue weighted by Gasteiger charge is -2.45. The number of carbonyl (C=O) groups is 3. The van der Waals surface area contributed by atoms with Gasteiger partial charge in [-0.2, -0.15) is 0 Å². The number of aromatic nitrogens is 1. The fraction of sp³-hybridized carbons (Fsp3) is 0.500. The van der Waals surface area contributed by atoms with E-state index in [0.29, 0.717) is 24.2 Å². The number of benzene rings is 1. The normalized spacial score (nSPS) is 22.4. The summed E-state index contributed by atoms with van der Waals surface area (Å²) in [5, 5.41) is 0.882. The number of hydrogen-bond acceptors (Lipinski definition) is 7. The minimum atomic E-state index is -0.851. The molecule has 2 aromatic rings. The Kier molecular flexibility index (Phi) is 6.29. The van der Waals surface area contributed by atoms with Gasteiger partial charge in [0.1, 0.15) is 11.4 Å². The van der Waals surface area contributed by atoms with E-state index < -0.39 is 29.4 Å². The highest BCUT2D eigenvalue weighted by Crippen LogP contribution is 2.47. The summed E-state index contributed by atoms with van der Waals surface area (Å²) >= 11 is 0. The second-order valence-corrected chi connectivity index (χ2v) is 9.89. The molecule has 0 bridgehead atoms. The Morgan fingerprint density at radius 3 is 2.53 bits per heavy atom. The maximum absolute atomic E-state index is 13.5. The van der Waals surface area contributed by atoms with E-state index >= 15 is 0 Å². The molecule has 8 nitrogen and oxygen atoms in total. The van der Waals surface area contributed by atoms with Crippen LogP contribution in [0.15, 0.2) is 30.9 Å². The fourth-order valence-electron chi connectivity index (χ4n) is 5.35. The molecule has 1 fully saturated rings. The van der Waals surface area contributed by atoms with Crippen molar-refractivity contribution >= 4 is 28.7 Å². The Balaban J connectivity index is 1.89. The molecular weight excluding hydrogens is 436 g/mol. The quantitative estimate of drug-likeness (QED) is 0.382. The molecule has 8 heteroatoms. The van der Waals surface area contributed by atoms with E-state index in [4.69, 9.17) is 14.2 Å². The van der Waals surface area contributed by atoms with E-state index in [1.165, 1.54) is 7.11 Å². The van der Waals surface area contributed by atoms with Gasteiger partial charge in [0.05, 0.1) is 31.5 Å². The number of hydrogen-bond donors (Lipinski definition) is 0. The van der Waals surface area contributed by atoms with Crippen molar-refractivity contribution in [2.75, 3.05) is 27.3 Å². The summed E-state index contributed by atoms with van der Waals surface area (Å²) in [5.41, 5.74) is 1.84. The van der Waals surface area contributed by atoms with Crippen molar-refractivity contribution < 1.29 is 28.6 Å². The lowest BCUT2D eigenvalue weighted by Crippen LogP contribution is -2.49. The standard InChI is InChI=1S/C26H32N2O6/c1-7-15-14-27-12-11-16-21-18(9-8-10-20(21)32-5)28(25(31)34-26(2,3)4)22(16)19(27)13-17(15)23(29)24(30)33-6/h7-10,15,17,19H,1,11-14H2,2-6H3/t15-,17-,19-/m0/s1. The second kappa shape index (κ2) is 8.91.